The van der Waals surface area contributed by atoms with E-state index in [1.807, 2.05) is 4.98 Å². The van der Waals surface area contributed by atoms with Gasteiger partial charge in [0.15, 0.2) is 0 Å². The number of carbonyl (C=O) groups is 1. The van der Waals surface area contributed by atoms with Crippen LogP contribution in [0.2, 0.25) is 0 Å². The molecule has 0 atom stereocenters. The average Bonchev–Trinajstić information content (AvgIpc) is 2.24. The molecule has 0 unspecified atom stereocenters. The quantitative estimate of drug-likeness (QED) is 0.866. The van der Waals surface area contributed by atoms with Crippen molar-refractivity contribution in [3.8, 4) is 0 Å². The fourth-order valence-corrected chi connectivity index (χ4v) is 1.20. The largest absolute Gasteiger partial charge is 0.421 e. The molecule has 1 amide bonds. The van der Waals surface area contributed by atoms with Gasteiger partial charge in [-0.25, -0.2) is 0 Å². The average molecular weight is 260 g/mol. The Labute approximate surface area is 101 Å². The normalized spacial score (nSPS) is 11.8. The van der Waals surface area contributed by atoms with E-state index in [2.05, 4.69) is 5.32 Å². The third-order valence-corrected chi connectivity index (χ3v) is 2.01. The van der Waals surface area contributed by atoms with E-state index in [9.17, 15) is 22.8 Å². The maximum atomic E-state index is 12.4. The molecule has 0 aromatic carbocycles. The van der Waals surface area contributed by atoms with Crippen LogP contribution in [0.15, 0.2) is 23.1 Å². The third kappa shape index (κ3) is 4.08. The second kappa shape index (κ2) is 5.52. The Morgan fingerprint density at radius 2 is 2.17 bits per heavy atom. The topological polar surface area (TPSA) is 62.0 Å². The van der Waals surface area contributed by atoms with Gasteiger partial charge in [-0.2, -0.15) is 13.2 Å². The van der Waals surface area contributed by atoms with Crippen molar-refractivity contribution in [2.75, 3.05) is 6.54 Å². The third-order valence-electron chi connectivity index (χ3n) is 2.01. The molecule has 7 heteroatoms. The van der Waals surface area contributed by atoms with Gasteiger partial charge in [-0.15, -0.1) is 0 Å². The molecule has 0 saturated carbocycles. The Morgan fingerprint density at radius 3 is 2.72 bits per heavy atom. The highest BCUT2D eigenvalue weighted by Crippen LogP contribution is 2.26. The van der Waals surface area contributed by atoms with Crippen molar-refractivity contribution < 1.29 is 18.0 Å². The maximum absolute atomic E-state index is 12.4. The number of H-pyrrole nitrogens is 1. The number of hydrogen-bond donors (Lipinski definition) is 2. The van der Waals surface area contributed by atoms with Crippen molar-refractivity contribution >= 4 is 12.0 Å². The molecule has 4 nitrogen and oxygen atoms in total. The molecule has 0 aliphatic rings. The summed E-state index contributed by atoms with van der Waals surface area (Å²) < 4.78 is 37.3. The molecule has 0 spiro atoms. The molecule has 0 aliphatic carbocycles. The van der Waals surface area contributed by atoms with Gasteiger partial charge in [-0.1, -0.05) is 12.2 Å². The molecule has 0 aliphatic heterocycles. The monoisotopic (exact) mass is 260 g/mol. The van der Waals surface area contributed by atoms with Gasteiger partial charge in [0.1, 0.15) is 5.56 Å². The zero-order valence-corrected chi connectivity index (χ0v) is 9.47. The van der Waals surface area contributed by atoms with Crippen LogP contribution in [0.3, 0.4) is 0 Å². The van der Waals surface area contributed by atoms with Gasteiger partial charge in [-0.3, -0.25) is 9.59 Å². The summed E-state index contributed by atoms with van der Waals surface area (Å²) in [5.74, 6) is -0.239. The summed E-state index contributed by atoms with van der Waals surface area (Å²) in [6.07, 6.45) is -0.659. The van der Waals surface area contributed by atoms with Crippen LogP contribution in [0, 0.1) is 0 Å². The van der Waals surface area contributed by atoms with Crippen LogP contribution in [0.4, 0.5) is 13.2 Å². The number of nitrogens with one attached hydrogen (secondary N) is 2. The number of hydrogen-bond acceptors (Lipinski definition) is 2. The first-order valence-electron chi connectivity index (χ1n) is 5.01. The van der Waals surface area contributed by atoms with Gasteiger partial charge in [0.25, 0.3) is 5.56 Å². The lowest BCUT2D eigenvalue weighted by Crippen LogP contribution is -2.21. The second-order valence-electron chi connectivity index (χ2n) is 3.51. The minimum atomic E-state index is -4.69. The number of pyridine rings is 1. The Balaban J connectivity index is 2.86. The first-order valence-corrected chi connectivity index (χ1v) is 5.01. The zero-order chi connectivity index (χ0) is 13.8. The number of halogens is 3. The van der Waals surface area contributed by atoms with Crippen molar-refractivity contribution in [2.45, 2.75) is 13.1 Å². The summed E-state index contributed by atoms with van der Waals surface area (Å²) in [5.41, 5.74) is -2.22. The predicted octanol–water partition coefficient (Wildman–Crippen LogP) is 1.54. The van der Waals surface area contributed by atoms with Crippen molar-refractivity contribution in [2.24, 2.45) is 0 Å². The molecule has 1 aromatic heterocycles. The molecule has 0 bridgehead atoms. The van der Waals surface area contributed by atoms with Gasteiger partial charge in [-0.05, 0) is 11.6 Å². The van der Waals surface area contributed by atoms with E-state index in [1.165, 1.54) is 25.3 Å². The maximum Gasteiger partial charge on any atom is 0.421 e. The number of aromatic nitrogens is 1. The first kappa shape index (κ1) is 14.0. The van der Waals surface area contributed by atoms with E-state index in [1.54, 1.807) is 0 Å². The van der Waals surface area contributed by atoms with Gasteiger partial charge in [0.05, 0.1) is 0 Å². The van der Waals surface area contributed by atoms with E-state index < -0.39 is 17.3 Å². The van der Waals surface area contributed by atoms with Crippen molar-refractivity contribution in [3.05, 3.63) is 39.8 Å². The molecule has 1 rings (SSSR count). The van der Waals surface area contributed by atoms with Crippen LogP contribution in [0.25, 0.3) is 6.08 Å². The molecular formula is C11H11F3N2O2. The summed E-state index contributed by atoms with van der Waals surface area (Å²) in [4.78, 5) is 23.5. The van der Waals surface area contributed by atoms with Crippen LogP contribution < -0.4 is 10.9 Å². The lowest BCUT2D eigenvalue weighted by molar-refractivity contribution is -0.138. The van der Waals surface area contributed by atoms with Gasteiger partial charge < -0.3 is 10.3 Å². The molecule has 1 aromatic rings. The molecule has 98 valence electrons. The Bertz CT molecular complexity index is 518. The smallest absolute Gasteiger partial charge is 0.353 e. The van der Waals surface area contributed by atoms with Gasteiger partial charge in [0.2, 0.25) is 5.91 Å². The van der Waals surface area contributed by atoms with Crippen LogP contribution >= 0.6 is 0 Å². The molecule has 0 radical (unpaired) electrons. The molecule has 18 heavy (non-hydrogen) atoms. The van der Waals surface area contributed by atoms with Crippen LogP contribution in [-0.4, -0.2) is 17.4 Å². The predicted molar refractivity (Wildman–Crippen MR) is 59.8 cm³/mol. The SMILES string of the molecule is CC(=O)NCC=Cc1c[nH]c(=O)c(C(F)(F)F)c1. The number of rotatable bonds is 3. The van der Waals surface area contributed by atoms with Gasteiger partial charge >= 0.3 is 6.18 Å². The number of aromatic amines is 1. The number of alkyl halides is 3. The summed E-state index contributed by atoms with van der Waals surface area (Å²) in [6.45, 7) is 1.53. The molecular weight excluding hydrogens is 249 g/mol. The summed E-state index contributed by atoms with van der Waals surface area (Å²) in [5, 5.41) is 2.45. The zero-order valence-electron chi connectivity index (χ0n) is 9.47. The fraction of sp³-hybridized carbons (Fsp3) is 0.273. The Hall–Kier alpha value is -2.05. The fourth-order valence-electron chi connectivity index (χ4n) is 1.20. The van der Waals surface area contributed by atoms with Crippen molar-refractivity contribution in [1.29, 1.82) is 0 Å². The lowest BCUT2D eigenvalue weighted by atomic mass is 10.2. The number of carbonyl (C=O) groups excluding carboxylic acids is 1. The van der Waals surface area contributed by atoms with Crippen molar-refractivity contribution in [1.82, 2.24) is 10.3 Å². The summed E-state index contributed by atoms with van der Waals surface area (Å²) in [6, 6.07) is 0.753. The lowest BCUT2D eigenvalue weighted by Gasteiger charge is -2.05. The highest BCUT2D eigenvalue weighted by atomic mass is 19.4. The first-order chi connectivity index (χ1) is 8.30. The Morgan fingerprint density at radius 1 is 1.50 bits per heavy atom. The van der Waals surface area contributed by atoms with Crippen LogP contribution in [0.1, 0.15) is 18.1 Å². The van der Waals surface area contributed by atoms with E-state index in [0.717, 1.165) is 6.07 Å². The van der Waals surface area contributed by atoms with E-state index in [4.69, 9.17) is 0 Å². The van der Waals surface area contributed by atoms with E-state index in [0.29, 0.717) is 0 Å². The standard InChI is InChI=1S/C11H11F3N2O2/c1-7(17)15-4-2-3-8-5-9(11(12,13)14)10(18)16-6-8/h2-3,5-6H,4H2,1H3,(H,15,17)(H,16,18). The molecule has 0 saturated heterocycles. The summed E-state index contributed by atoms with van der Waals surface area (Å²) in [7, 11) is 0. The Kier molecular flexibility index (Phi) is 4.30. The molecule has 1 heterocycles. The minimum absolute atomic E-state index is 0.201. The molecule has 0 fully saturated rings. The van der Waals surface area contributed by atoms with E-state index >= 15 is 0 Å². The molecule has 2 N–H and O–H groups in total. The van der Waals surface area contributed by atoms with Crippen molar-refractivity contribution in [3.63, 3.8) is 0 Å². The van der Waals surface area contributed by atoms with Gasteiger partial charge in [0, 0.05) is 19.7 Å². The highest BCUT2D eigenvalue weighted by molar-refractivity contribution is 5.73. The second-order valence-corrected chi connectivity index (χ2v) is 3.51. The number of amides is 1. The van der Waals surface area contributed by atoms with E-state index in [-0.39, 0.29) is 18.0 Å². The summed E-state index contributed by atoms with van der Waals surface area (Å²) >= 11 is 0. The van der Waals surface area contributed by atoms with Crippen LogP contribution in [-0.2, 0) is 11.0 Å². The minimum Gasteiger partial charge on any atom is -0.353 e. The highest BCUT2D eigenvalue weighted by Gasteiger charge is 2.33. The van der Waals surface area contributed by atoms with Crippen LogP contribution in [0.5, 0.6) is 0 Å².